The molecule has 2 N–H and O–H groups in total. The topological polar surface area (TPSA) is 79.3 Å². The molecular weight excluding hydrogens is 500 g/mol. The quantitative estimate of drug-likeness (QED) is 0.458. The molecule has 0 spiro atoms. The van der Waals surface area contributed by atoms with Crippen molar-refractivity contribution in [2.75, 3.05) is 11.9 Å². The summed E-state index contributed by atoms with van der Waals surface area (Å²) in [5.74, 6) is -1.03. The zero-order valence-electron chi connectivity index (χ0n) is 22.6. The Bertz CT molecular complexity index is 1360. The molecule has 206 valence electrons. The number of benzene rings is 2. The van der Waals surface area contributed by atoms with Crippen LogP contribution in [-0.4, -0.2) is 44.9 Å². The first-order chi connectivity index (χ1) is 18.6. The Morgan fingerprint density at radius 2 is 1.90 bits per heavy atom. The molecule has 3 atom stereocenters. The van der Waals surface area contributed by atoms with E-state index >= 15 is 0 Å². The second-order valence-electron chi connectivity index (χ2n) is 11.1. The van der Waals surface area contributed by atoms with Crippen molar-refractivity contribution in [1.29, 1.82) is 0 Å². The third-order valence-corrected chi connectivity index (χ3v) is 8.05. The highest BCUT2D eigenvalue weighted by atomic mass is 19.1. The fourth-order valence-corrected chi connectivity index (χ4v) is 5.78. The Hall–Kier alpha value is -3.59. The minimum absolute atomic E-state index is 0.00357. The average molecular weight is 536 g/mol. The summed E-state index contributed by atoms with van der Waals surface area (Å²) >= 11 is 0. The maximum absolute atomic E-state index is 14.3. The van der Waals surface area contributed by atoms with E-state index in [1.54, 1.807) is 24.0 Å². The van der Waals surface area contributed by atoms with Crippen molar-refractivity contribution in [3.63, 3.8) is 0 Å². The van der Waals surface area contributed by atoms with Gasteiger partial charge in [-0.1, -0.05) is 30.3 Å². The van der Waals surface area contributed by atoms with E-state index in [1.165, 1.54) is 6.07 Å². The molecule has 2 aliphatic rings. The summed E-state index contributed by atoms with van der Waals surface area (Å²) in [6.45, 7) is 6.17. The number of nitrogens with one attached hydrogen (secondary N) is 2. The van der Waals surface area contributed by atoms with Crippen LogP contribution in [0, 0.1) is 11.6 Å². The first-order valence-corrected chi connectivity index (χ1v) is 13.6. The predicted octanol–water partition coefficient (Wildman–Crippen LogP) is 4.73. The van der Waals surface area contributed by atoms with Crippen molar-refractivity contribution < 1.29 is 18.4 Å². The lowest BCUT2D eigenvalue weighted by molar-refractivity contribution is -0.140. The van der Waals surface area contributed by atoms with Crippen LogP contribution in [0.25, 0.3) is 0 Å². The number of likely N-dealkylation sites (tertiary alicyclic amines) is 1. The molecule has 1 aliphatic heterocycles. The maximum Gasteiger partial charge on any atom is 0.248 e. The fraction of sp³-hybridized carbons (Fsp3) is 0.433. The zero-order valence-corrected chi connectivity index (χ0v) is 22.6. The second-order valence-corrected chi connectivity index (χ2v) is 11.1. The van der Waals surface area contributed by atoms with Gasteiger partial charge >= 0.3 is 0 Å². The van der Waals surface area contributed by atoms with E-state index in [4.69, 9.17) is 0 Å². The van der Waals surface area contributed by atoms with Gasteiger partial charge in [0, 0.05) is 24.8 Å². The van der Waals surface area contributed by atoms with Gasteiger partial charge in [-0.3, -0.25) is 9.59 Å². The number of nitrogens with zero attached hydrogens (tertiary/aromatic N) is 3. The van der Waals surface area contributed by atoms with E-state index in [1.807, 2.05) is 36.9 Å². The van der Waals surface area contributed by atoms with Gasteiger partial charge in [0.05, 0.1) is 18.4 Å². The molecule has 5 rings (SSSR count). The van der Waals surface area contributed by atoms with Gasteiger partial charge in [-0.05, 0) is 75.6 Å². The van der Waals surface area contributed by atoms with Gasteiger partial charge in [0.2, 0.25) is 11.8 Å². The molecule has 0 radical (unpaired) electrons. The standard InChI is InChI=1S/C30H35F2N5O2/c1-19(34-23-12-11-21-14-22(31)15-25(32)24(21)16-23)28(38)35-27-17-36(18-33-27)30(2,3)29(39)37-13-7-10-26(37)20-8-5-4-6-9-20/h4-6,8-9,14-15,17-19,23,26,34H,7,10-13,16H2,1-3H3,(H,35,38). The van der Waals surface area contributed by atoms with Crippen LogP contribution in [0.1, 0.15) is 62.8 Å². The van der Waals surface area contributed by atoms with Crippen LogP contribution < -0.4 is 10.6 Å². The number of rotatable bonds is 7. The largest absolute Gasteiger partial charge is 0.334 e. The molecule has 2 amide bonds. The van der Waals surface area contributed by atoms with Crippen molar-refractivity contribution in [3.8, 4) is 0 Å². The number of carbonyl (C=O) groups is 2. The van der Waals surface area contributed by atoms with Crippen LogP contribution in [0.5, 0.6) is 0 Å². The van der Waals surface area contributed by atoms with E-state index in [0.29, 0.717) is 42.8 Å². The van der Waals surface area contributed by atoms with E-state index in [9.17, 15) is 18.4 Å². The molecule has 1 fully saturated rings. The molecule has 3 unspecified atom stereocenters. The Labute approximate surface area is 227 Å². The van der Waals surface area contributed by atoms with Crippen LogP contribution in [0.4, 0.5) is 14.6 Å². The molecule has 0 bridgehead atoms. The van der Waals surface area contributed by atoms with Gasteiger partial charge in [-0.2, -0.15) is 0 Å². The number of amides is 2. The van der Waals surface area contributed by atoms with E-state index in [0.717, 1.165) is 24.5 Å². The third kappa shape index (κ3) is 5.59. The third-order valence-electron chi connectivity index (χ3n) is 8.05. The van der Waals surface area contributed by atoms with Crippen molar-refractivity contribution in [1.82, 2.24) is 19.8 Å². The van der Waals surface area contributed by atoms with Crippen LogP contribution in [-0.2, 0) is 28.0 Å². The van der Waals surface area contributed by atoms with Gasteiger partial charge in [-0.15, -0.1) is 0 Å². The van der Waals surface area contributed by atoms with E-state index in [2.05, 4.69) is 27.8 Å². The number of imidazole rings is 1. The summed E-state index contributed by atoms with van der Waals surface area (Å²) in [5, 5.41) is 6.09. The molecule has 7 nitrogen and oxygen atoms in total. The number of aromatic nitrogens is 2. The summed E-state index contributed by atoms with van der Waals surface area (Å²) in [6.07, 6.45) is 6.75. The lowest BCUT2D eigenvalue weighted by atomic mass is 9.87. The monoisotopic (exact) mass is 535 g/mol. The second kappa shape index (κ2) is 10.9. The number of aryl methyl sites for hydroxylation is 1. The number of hydrogen-bond acceptors (Lipinski definition) is 4. The van der Waals surface area contributed by atoms with Crippen molar-refractivity contribution in [3.05, 3.63) is 83.3 Å². The highest BCUT2D eigenvalue weighted by molar-refractivity contribution is 5.93. The molecule has 3 aromatic rings. The average Bonchev–Trinajstić information content (AvgIpc) is 3.59. The molecule has 9 heteroatoms. The smallest absolute Gasteiger partial charge is 0.248 e. The first-order valence-electron chi connectivity index (χ1n) is 13.6. The Kier molecular flexibility index (Phi) is 7.53. The van der Waals surface area contributed by atoms with Gasteiger partial charge in [0.25, 0.3) is 0 Å². The lowest BCUT2D eigenvalue weighted by Crippen LogP contribution is -2.46. The molecule has 1 aromatic heterocycles. The van der Waals surface area contributed by atoms with Crippen LogP contribution in [0.15, 0.2) is 55.0 Å². The summed E-state index contributed by atoms with van der Waals surface area (Å²) in [6, 6.07) is 11.8. The highest BCUT2D eigenvalue weighted by Gasteiger charge is 2.39. The van der Waals surface area contributed by atoms with Gasteiger partial charge in [0.1, 0.15) is 17.2 Å². The van der Waals surface area contributed by atoms with Crippen LogP contribution >= 0.6 is 0 Å². The number of carbonyl (C=O) groups excluding carboxylic acids is 2. The summed E-state index contributed by atoms with van der Waals surface area (Å²) in [4.78, 5) is 32.9. The number of anilines is 1. The molecule has 39 heavy (non-hydrogen) atoms. The summed E-state index contributed by atoms with van der Waals surface area (Å²) in [7, 11) is 0. The molecule has 2 aromatic carbocycles. The Morgan fingerprint density at radius 3 is 2.67 bits per heavy atom. The Balaban J connectivity index is 1.20. The minimum Gasteiger partial charge on any atom is -0.334 e. The lowest BCUT2D eigenvalue weighted by Gasteiger charge is -2.34. The number of halogens is 2. The number of fused-ring (bicyclic) bond motifs is 1. The van der Waals surface area contributed by atoms with E-state index in [-0.39, 0.29) is 23.9 Å². The SMILES string of the molecule is CC(NC1CCc2cc(F)cc(F)c2C1)C(=O)Nc1cn(C(C)(C)C(=O)N2CCCC2c2ccccc2)cn1. The minimum atomic E-state index is -0.893. The predicted molar refractivity (Wildman–Crippen MR) is 145 cm³/mol. The molecule has 1 aliphatic carbocycles. The van der Waals surface area contributed by atoms with Crippen molar-refractivity contribution in [2.45, 2.75) is 76.5 Å². The van der Waals surface area contributed by atoms with E-state index < -0.39 is 23.2 Å². The molecule has 1 saturated heterocycles. The maximum atomic E-state index is 14.3. The van der Waals surface area contributed by atoms with Gasteiger partial charge < -0.3 is 20.1 Å². The summed E-state index contributed by atoms with van der Waals surface area (Å²) in [5.41, 5.74) is 1.44. The molecule has 2 heterocycles. The van der Waals surface area contributed by atoms with Crippen LogP contribution in [0.3, 0.4) is 0 Å². The number of hydrogen-bond donors (Lipinski definition) is 2. The summed E-state index contributed by atoms with van der Waals surface area (Å²) < 4.78 is 29.5. The highest BCUT2D eigenvalue weighted by Crippen LogP contribution is 2.35. The fourth-order valence-electron chi connectivity index (χ4n) is 5.78. The van der Waals surface area contributed by atoms with Crippen LogP contribution in [0.2, 0.25) is 0 Å². The van der Waals surface area contributed by atoms with Crippen molar-refractivity contribution >= 4 is 17.6 Å². The van der Waals surface area contributed by atoms with Crippen molar-refractivity contribution in [2.24, 2.45) is 0 Å². The zero-order chi connectivity index (χ0) is 27.7. The molecule has 0 saturated carbocycles. The van der Waals surface area contributed by atoms with Gasteiger partial charge in [-0.25, -0.2) is 13.8 Å². The Morgan fingerprint density at radius 1 is 1.13 bits per heavy atom. The van der Waals surface area contributed by atoms with Gasteiger partial charge in [0.15, 0.2) is 5.82 Å². The normalized spacial score (nSPS) is 20.0. The first kappa shape index (κ1) is 27.0. The molecular formula is C30H35F2N5O2.